The maximum Gasteiger partial charge on any atom is 0.296 e. The number of aromatic nitrogens is 2. The number of ketones is 1. The van der Waals surface area contributed by atoms with Crippen LogP contribution in [0.1, 0.15) is 27.7 Å². The van der Waals surface area contributed by atoms with E-state index in [2.05, 4.69) is 10.2 Å². The molecule has 0 aliphatic carbocycles. The summed E-state index contributed by atoms with van der Waals surface area (Å²) >= 11 is 8.57. The number of phenols is 1. The van der Waals surface area contributed by atoms with Crippen LogP contribution in [0, 0.1) is 0 Å². The lowest BCUT2D eigenvalue weighted by molar-refractivity contribution is -0.117. The summed E-state index contributed by atoms with van der Waals surface area (Å²) in [4.78, 5) is 28.4. The van der Waals surface area contributed by atoms with Crippen LogP contribution in [-0.4, -0.2) is 32.1 Å². The van der Waals surface area contributed by atoms with E-state index < -0.39 is 23.5 Å². The van der Waals surface area contributed by atoms with E-state index in [9.17, 15) is 19.8 Å². The Hall–Kier alpha value is -4.12. The molecule has 6 rings (SSSR count). The van der Waals surface area contributed by atoms with Gasteiger partial charge in [0.25, 0.3) is 5.91 Å². The Balaban J connectivity index is 1.35. The zero-order chi connectivity index (χ0) is 27.1. The number of benzene rings is 3. The molecule has 1 unspecified atom stereocenters. The molecule has 39 heavy (non-hydrogen) atoms. The number of hydrogen-bond acceptors (Lipinski definition) is 9. The molecule has 0 bridgehead atoms. The van der Waals surface area contributed by atoms with Crippen LogP contribution in [-0.2, 0) is 10.5 Å². The molecule has 2 aromatic heterocycles. The van der Waals surface area contributed by atoms with Gasteiger partial charge in [-0.3, -0.25) is 14.5 Å². The Labute approximate surface area is 235 Å². The van der Waals surface area contributed by atoms with Gasteiger partial charge < -0.3 is 14.6 Å². The minimum Gasteiger partial charge on any atom is -0.508 e. The zero-order valence-electron chi connectivity index (χ0n) is 19.9. The number of anilines is 1. The molecular formula is C28H18ClN3O5S2. The van der Waals surface area contributed by atoms with Crippen molar-refractivity contribution in [3.8, 4) is 5.75 Å². The van der Waals surface area contributed by atoms with Crippen molar-refractivity contribution in [2.24, 2.45) is 0 Å². The summed E-state index contributed by atoms with van der Waals surface area (Å²) in [6.45, 7) is 0. The second-order valence-electron chi connectivity index (χ2n) is 8.67. The van der Waals surface area contributed by atoms with E-state index in [0.29, 0.717) is 26.3 Å². The molecule has 0 fully saturated rings. The molecular weight excluding hydrogens is 558 g/mol. The molecule has 1 amide bonds. The second kappa shape index (κ2) is 10.2. The Morgan fingerprint density at radius 3 is 2.51 bits per heavy atom. The Morgan fingerprint density at radius 2 is 1.77 bits per heavy atom. The fourth-order valence-electron chi connectivity index (χ4n) is 4.32. The minimum atomic E-state index is -1.01. The third kappa shape index (κ3) is 4.78. The van der Waals surface area contributed by atoms with Crippen LogP contribution in [0.3, 0.4) is 0 Å². The topological polar surface area (TPSA) is 117 Å². The molecule has 8 nitrogen and oxygen atoms in total. The van der Waals surface area contributed by atoms with Gasteiger partial charge >= 0.3 is 0 Å². The minimum absolute atomic E-state index is 0.00680. The molecule has 1 aliphatic rings. The van der Waals surface area contributed by atoms with Crippen LogP contribution < -0.4 is 4.90 Å². The van der Waals surface area contributed by atoms with Gasteiger partial charge in [0.2, 0.25) is 10.9 Å². The average Bonchev–Trinajstić information content (AvgIpc) is 3.65. The molecule has 0 radical (unpaired) electrons. The predicted molar refractivity (Wildman–Crippen MR) is 149 cm³/mol. The van der Waals surface area contributed by atoms with Crippen LogP contribution in [0.15, 0.2) is 99.0 Å². The molecule has 5 aromatic rings. The van der Waals surface area contributed by atoms with Crippen molar-refractivity contribution in [2.45, 2.75) is 16.1 Å². The first-order valence-corrected chi connectivity index (χ1v) is 13.9. The first kappa shape index (κ1) is 25.2. The zero-order valence-corrected chi connectivity index (χ0v) is 22.3. The van der Waals surface area contributed by atoms with E-state index >= 15 is 0 Å². The Morgan fingerprint density at radius 1 is 1.03 bits per heavy atom. The highest BCUT2D eigenvalue weighted by Crippen LogP contribution is 2.44. The van der Waals surface area contributed by atoms with E-state index in [-0.39, 0.29) is 22.2 Å². The fraction of sp³-hybridized carbons (Fsp3) is 0.0714. The number of phenolic OH excluding ortho intramolecular Hbond substituents is 1. The van der Waals surface area contributed by atoms with Gasteiger partial charge in [-0.25, -0.2) is 0 Å². The molecule has 0 saturated heterocycles. The first-order valence-electron chi connectivity index (χ1n) is 11.7. The van der Waals surface area contributed by atoms with Gasteiger partial charge in [-0.15, -0.1) is 10.2 Å². The SMILES string of the molecule is O=C(C1=C(O)C(=O)N(c2nnc(SCc3ccc(Cl)cc3)s2)C1c1ccc(O)cc1)c1cc2ccccc2o1. The monoisotopic (exact) mass is 575 g/mol. The smallest absolute Gasteiger partial charge is 0.296 e. The van der Waals surface area contributed by atoms with Crippen LogP contribution in [0.25, 0.3) is 11.0 Å². The number of carbonyl (C=O) groups excluding carboxylic acids is 2. The number of nitrogens with zero attached hydrogens (tertiary/aromatic N) is 3. The summed E-state index contributed by atoms with van der Waals surface area (Å²) in [5.74, 6) is -1.47. The van der Waals surface area contributed by atoms with Crippen molar-refractivity contribution in [3.05, 3.63) is 112 Å². The van der Waals surface area contributed by atoms with Crippen molar-refractivity contribution in [1.29, 1.82) is 0 Å². The normalized spacial score (nSPS) is 15.5. The highest BCUT2D eigenvalue weighted by Gasteiger charge is 2.46. The molecule has 3 aromatic carbocycles. The quantitative estimate of drug-likeness (QED) is 0.125. The van der Waals surface area contributed by atoms with E-state index in [1.807, 2.05) is 30.3 Å². The highest BCUT2D eigenvalue weighted by molar-refractivity contribution is 8.00. The van der Waals surface area contributed by atoms with Crippen LogP contribution in [0.4, 0.5) is 5.13 Å². The number of aromatic hydroxyl groups is 1. The van der Waals surface area contributed by atoms with Gasteiger partial charge in [0.1, 0.15) is 11.3 Å². The molecule has 11 heteroatoms. The summed E-state index contributed by atoms with van der Waals surface area (Å²) in [7, 11) is 0. The molecule has 1 aliphatic heterocycles. The van der Waals surface area contributed by atoms with Gasteiger partial charge in [-0.2, -0.15) is 0 Å². The number of hydrogen-bond donors (Lipinski definition) is 2. The number of para-hydroxylation sites is 1. The first-order chi connectivity index (χ1) is 18.9. The summed E-state index contributed by atoms with van der Waals surface area (Å²) in [5.41, 5.74) is 1.90. The summed E-state index contributed by atoms with van der Waals surface area (Å²) in [5, 5.41) is 30.8. The number of furan rings is 1. The number of amides is 1. The summed E-state index contributed by atoms with van der Waals surface area (Å²) < 4.78 is 6.36. The third-order valence-electron chi connectivity index (χ3n) is 6.19. The van der Waals surface area contributed by atoms with Crippen LogP contribution in [0.5, 0.6) is 5.75 Å². The average molecular weight is 576 g/mol. The standard InChI is InChI=1S/C28H18ClN3O5S2/c29-18-9-5-15(6-10-18)14-38-28-31-30-27(39-28)32-23(16-7-11-19(33)12-8-16)22(25(35)26(32)36)24(34)21-13-17-3-1-2-4-20(17)37-21/h1-13,23,33,35H,14H2. The van der Waals surface area contributed by atoms with E-state index in [1.165, 1.54) is 40.1 Å². The number of aliphatic hydroxyl groups is 1. The third-order valence-corrected chi connectivity index (χ3v) is 8.57. The molecule has 3 heterocycles. The van der Waals surface area contributed by atoms with Gasteiger partial charge in [-0.1, -0.05) is 77.2 Å². The maximum absolute atomic E-state index is 13.7. The van der Waals surface area contributed by atoms with Gasteiger partial charge in [-0.05, 0) is 47.5 Å². The lowest BCUT2D eigenvalue weighted by atomic mass is 9.95. The number of rotatable bonds is 7. The molecule has 1 atom stereocenters. The number of fused-ring (bicyclic) bond motifs is 1. The predicted octanol–water partition coefficient (Wildman–Crippen LogP) is 6.72. The molecule has 194 valence electrons. The fourth-order valence-corrected chi connectivity index (χ4v) is 6.27. The van der Waals surface area contributed by atoms with Crippen LogP contribution >= 0.6 is 34.7 Å². The van der Waals surface area contributed by atoms with E-state index in [1.54, 1.807) is 36.4 Å². The molecule has 2 N–H and O–H groups in total. The number of aliphatic hydroxyl groups excluding tert-OH is 1. The van der Waals surface area contributed by atoms with Crippen molar-refractivity contribution < 1.29 is 24.2 Å². The second-order valence-corrected chi connectivity index (χ2v) is 11.3. The van der Waals surface area contributed by atoms with Crippen molar-refractivity contribution in [1.82, 2.24) is 10.2 Å². The van der Waals surface area contributed by atoms with E-state index in [4.69, 9.17) is 16.0 Å². The molecule has 0 spiro atoms. The van der Waals surface area contributed by atoms with Gasteiger partial charge in [0, 0.05) is 16.2 Å². The summed E-state index contributed by atoms with van der Waals surface area (Å²) in [6.07, 6.45) is 0. The van der Waals surface area contributed by atoms with Crippen molar-refractivity contribution in [3.63, 3.8) is 0 Å². The lowest BCUT2D eigenvalue weighted by Gasteiger charge is -2.23. The van der Waals surface area contributed by atoms with Gasteiger partial charge in [0.15, 0.2) is 15.9 Å². The van der Waals surface area contributed by atoms with Crippen LogP contribution in [0.2, 0.25) is 5.02 Å². The number of halogens is 1. The number of thioether (sulfide) groups is 1. The van der Waals surface area contributed by atoms with E-state index in [0.717, 1.165) is 10.9 Å². The summed E-state index contributed by atoms with van der Waals surface area (Å²) in [6, 6.07) is 21.2. The van der Waals surface area contributed by atoms with Crippen molar-refractivity contribution >= 4 is 62.5 Å². The largest absolute Gasteiger partial charge is 0.508 e. The highest BCUT2D eigenvalue weighted by atomic mass is 35.5. The Kier molecular flexibility index (Phi) is 6.59. The molecule has 0 saturated carbocycles. The number of Topliss-reactive ketones (excluding diaryl/α,β-unsaturated/α-hetero) is 1. The lowest BCUT2D eigenvalue weighted by Crippen LogP contribution is -2.31. The maximum atomic E-state index is 13.7. The van der Waals surface area contributed by atoms with Gasteiger partial charge in [0.05, 0.1) is 11.6 Å². The Bertz CT molecular complexity index is 1710. The van der Waals surface area contributed by atoms with Crippen molar-refractivity contribution in [2.75, 3.05) is 4.90 Å². The number of carbonyl (C=O) groups is 2.